The predicted molar refractivity (Wildman–Crippen MR) is 72.0 cm³/mol. The number of carboxylic acid groups (broad SMARTS) is 1. The molecule has 6 heteroatoms. The SMILES string of the molecule is NC(=O)c1c(F)cccc1NC1(CC(=O)O)CCCC1. The Morgan fingerprint density at radius 2 is 2.00 bits per heavy atom. The Labute approximate surface area is 116 Å². The van der Waals surface area contributed by atoms with Crippen molar-refractivity contribution in [3.05, 3.63) is 29.6 Å². The van der Waals surface area contributed by atoms with Crippen LogP contribution in [0.3, 0.4) is 0 Å². The van der Waals surface area contributed by atoms with Gasteiger partial charge in [-0.2, -0.15) is 0 Å². The summed E-state index contributed by atoms with van der Waals surface area (Å²) < 4.78 is 13.7. The molecular weight excluding hydrogens is 263 g/mol. The molecule has 0 aromatic heterocycles. The van der Waals surface area contributed by atoms with Gasteiger partial charge in [-0.1, -0.05) is 18.9 Å². The zero-order chi connectivity index (χ0) is 14.8. The molecule has 1 aromatic carbocycles. The predicted octanol–water partition coefficient (Wildman–Crippen LogP) is 2.12. The summed E-state index contributed by atoms with van der Waals surface area (Å²) in [4.78, 5) is 22.4. The number of primary amides is 1. The van der Waals surface area contributed by atoms with Crippen molar-refractivity contribution in [2.24, 2.45) is 5.73 Å². The molecule has 0 unspecified atom stereocenters. The molecule has 1 saturated carbocycles. The molecule has 108 valence electrons. The van der Waals surface area contributed by atoms with Crippen molar-refractivity contribution in [3.8, 4) is 0 Å². The number of nitrogens with one attached hydrogen (secondary N) is 1. The maximum absolute atomic E-state index is 13.7. The molecule has 0 saturated heterocycles. The summed E-state index contributed by atoms with van der Waals surface area (Å²) in [6, 6.07) is 4.17. The summed E-state index contributed by atoms with van der Waals surface area (Å²) in [5.74, 6) is -2.49. The smallest absolute Gasteiger partial charge is 0.305 e. The highest BCUT2D eigenvalue weighted by Gasteiger charge is 2.36. The van der Waals surface area contributed by atoms with E-state index in [9.17, 15) is 14.0 Å². The van der Waals surface area contributed by atoms with Crippen LogP contribution in [0.25, 0.3) is 0 Å². The van der Waals surface area contributed by atoms with Crippen LogP contribution in [-0.2, 0) is 4.79 Å². The Morgan fingerprint density at radius 1 is 1.35 bits per heavy atom. The van der Waals surface area contributed by atoms with Crippen LogP contribution in [0.2, 0.25) is 0 Å². The fourth-order valence-electron chi connectivity index (χ4n) is 2.85. The highest BCUT2D eigenvalue weighted by atomic mass is 19.1. The molecule has 2 rings (SSSR count). The highest BCUT2D eigenvalue weighted by Crippen LogP contribution is 2.37. The van der Waals surface area contributed by atoms with E-state index >= 15 is 0 Å². The first-order chi connectivity index (χ1) is 9.43. The normalized spacial score (nSPS) is 16.9. The molecule has 20 heavy (non-hydrogen) atoms. The molecular formula is C14H17FN2O3. The number of carbonyl (C=O) groups is 2. The third-order valence-electron chi connectivity index (χ3n) is 3.71. The van der Waals surface area contributed by atoms with Crippen molar-refractivity contribution in [1.82, 2.24) is 0 Å². The van der Waals surface area contributed by atoms with E-state index in [1.807, 2.05) is 0 Å². The molecule has 0 spiro atoms. The number of hydrogen-bond donors (Lipinski definition) is 3. The number of halogens is 1. The first-order valence-corrected chi connectivity index (χ1v) is 6.52. The molecule has 1 amide bonds. The Bertz CT molecular complexity index is 539. The van der Waals surface area contributed by atoms with Gasteiger partial charge in [-0.15, -0.1) is 0 Å². The molecule has 0 radical (unpaired) electrons. The summed E-state index contributed by atoms with van der Waals surface area (Å²) in [5, 5.41) is 12.1. The molecule has 0 heterocycles. The van der Waals surface area contributed by atoms with Crippen LogP contribution >= 0.6 is 0 Å². The average molecular weight is 280 g/mol. The van der Waals surface area contributed by atoms with E-state index in [1.165, 1.54) is 6.07 Å². The fourth-order valence-corrected chi connectivity index (χ4v) is 2.85. The zero-order valence-electron chi connectivity index (χ0n) is 11.0. The lowest BCUT2D eigenvalue weighted by molar-refractivity contribution is -0.138. The second kappa shape index (κ2) is 5.48. The van der Waals surface area contributed by atoms with Crippen LogP contribution < -0.4 is 11.1 Å². The summed E-state index contributed by atoms with van der Waals surface area (Å²) >= 11 is 0. The van der Waals surface area contributed by atoms with Crippen molar-refractivity contribution >= 4 is 17.6 Å². The van der Waals surface area contributed by atoms with Gasteiger partial charge in [0.25, 0.3) is 5.91 Å². The molecule has 1 aromatic rings. The number of nitrogens with two attached hydrogens (primary N) is 1. The van der Waals surface area contributed by atoms with Crippen LogP contribution in [0.15, 0.2) is 18.2 Å². The Hall–Kier alpha value is -2.11. The van der Waals surface area contributed by atoms with Crippen molar-refractivity contribution in [3.63, 3.8) is 0 Å². The first-order valence-electron chi connectivity index (χ1n) is 6.52. The molecule has 1 aliphatic rings. The number of hydrogen-bond acceptors (Lipinski definition) is 3. The highest BCUT2D eigenvalue weighted by molar-refractivity contribution is 5.98. The number of benzene rings is 1. The van der Waals surface area contributed by atoms with Gasteiger partial charge in [-0.3, -0.25) is 9.59 Å². The molecule has 1 aliphatic carbocycles. The molecule has 0 bridgehead atoms. The minimum Gasteiger partial charge on any atom is -0.481 e. The van der Waals surface area contributed by atoms with Crippen LogP contribution in [0.4, 0.5) is 10.1 Å². The second-order valence-corrected chi connectivity index (χ2v) is 5.21. The summed E-state index contributed by atoms with van der Waals surface area (Å²) in [7, 11) is 0. The third-order valence-corrected chi connectivity index (χ3v) is 3.71. The molecule has 0 atom stereocenters. The quantitative estimate of drug-likeness (QED) is 0.770. The standard InChI is InChI=1S/C14H17FN2O3/c15-9-4-3-5-10(12(9)13(16)20)17-14(8-11(18)19)6-1-2-7-14/h3-5,17H,1-2,6-8H2,(H2,16,20)(H,18,19). The zero-order valence-corrected chi connectivity index (χ0v) is 11.0. The lowest BCUT2D eigenvalue weighted by Gasteiger charge is -2.30. The van der Waals surface area contributed by atoms with Crippen LogP contribution in [0.5, 0.6) is 0 Å². The molecule has 1 fully saturated rings. The Balaban J connectivity index is 2.34. The Kier molecular flexibility index (Phi) is 3.92. The summed E-state index contributed by atoms with van der Waals surface area (Å²) in [6.45, 7) is 0. The van der Waals surface area contributed by atoms with Gasteiger partial charge in [0.1, 0.15) is 5.82 Å². The molecule has 4 N–H and O–H groups in total. The topological polar surface area (TPSA) is 92.4 Å². The molecule has 5 nitrogen and oxygen atoms in total. The van der Waals surface area contributed by atoms with Crippen molar-refractivity contribution in [1.29, 1.82) is 0 Å². The number of carboxylic acids is 1. The average Bonchev–Trinajstić information content (AvgIpc) is 2.75. The van der Waals surface area contributed by atoms with Gasteiger partial charge in [0.15, 0.2) is 0 Å². The minimum absolute atomic E-state index is 0.0677. The van der Waals surface area contributed by atoms with Gasteiger partial charge in [0, 0.05) is 5.54 Å². The van der Waals surface area contributed by atoms with E-state index in [0.717, 1.165) is 18.9 Å². The fraction of sp³-hybridized carbons (Fsp3) is 0.429. The first kappa shape index (κ1) is 14.3. The van der Waals surface area contributed by atoms with Crippen molar-refractivity contribution in [2.75, 3.05) is 5.32 Å². The van der Waals surface area contributed by atoms with E-state index in [1.54, 1.807) is 6.07 Å². The van der Waals surface area contributed by atoms with Gasteiger partial charge in [0.05, 0.1) is 17.7 Å². The van der Waals surface area contributed by atoms with E-state index in [4.69, 9.17) is 10.8 Å². The number of carbonyl (C=O) groups excluding carboxylic acids is 1. The Morgan fingerprint density at radius 3 is 2.55 bits per heavy atom. The summed E-state index contributed by atoms with van der Waals surface area (Å²) in [5.41, 5.74) is 4.61. The lowest BCUT2D eigenvalue weighted by atomic mass is 9.92. The third kappa shape index (κ3) is 2.89. The van der Waals surface area contributed by atoms with Gasteiger partial charge in [-0.05, 0) is 25.0 Å². The lowest BCUT2D eigenvalue weighted by Crippen LogP contribution is -2.38. The van der Waals surface area contributed by atoms with E-state index in [-0.39, 0.29) is 17.7 Å². The van der Waals surface area contributed by atoms with Gasteiger partial charge >= 0.3 is 5.97 Å². The largest absolute Gasteiger partial charge is 0.481 e. The number of anilines is 1. The number of amides is 1. The van der Waals surface area contributed by atoms with E-state index in [2.05, 4.69) is 5.32 Å². The van der Waals surface area contributed by atoms with Crippen LogP contribution in [-0.4, -0.2) is 22.5 Å². The van der Waals surface area contributed by atoms with Gasteiger partial charge in [0.2, 0.25) is 0 Å². The monoisotopic (exact) mass is 280 g/mol. The second-order valence-electron chi connectivity index (χ2n) is 5.21. The number of aliphatic carboxylic acids is 1. The van der Waals surface area contributed by atoms with Crippen LogP contribution in [0.1, 0.15) is 42.5 Å². The van der Waals surface area contributed by atoms with Crippen molar-refractivity contribution < 1.29 is 19.1 Å². The van der Waals surface area contributed by atoms with E-state index < -0.39 is 23.2 Å². The van der Waals surface area contributed by atoms with Crippen molar-refractivity contribution in [2.45, 2.75) is 37.6 Å². The van der Waals surface area contributed by atoms with Gasteiger partial charge in [-0.25, -0.2) is 4.39 Å². The maximum atomic E-state index is 13.7. The minimum atomic E-state index is -0.920. The maximum Gasteiger partial charge on any atom is 0.305 e. The van der Waals surface area contributed by atoms with E-state index in [0.29, 0.717) is 12.8 Å². The number of rotatable bonds is 5. The summed E-state index contributed by atoms with van der Waals surface area (Å²) in [6.07, 6.45) is 3.09. The van der Waals surface area contributed by atoms with Crippen LogP contribution in [0, 0.1) is 5.82 Å². The van der Waals surface area contributed by atoms with Gasteiger partial charge < -0.3 is 16.2 Å². The molecule has 0 aliphatic heterocycles.